The summed E-state index contributed by atoms with van der Waals surface area (Å²) in [6, 6.07) is 0.0903. The molecule has 1 unspecified atom stereocenters. The summed E-state index contributed by atoms with van der Waals surface area (Å²) in [5.41, 5.74) is 0.738. The third kappa shape index (κ3) is 4.08. The molecular formula is C25H30F3N3O4S. The molecule has 1 aliphatic carbocycles. The monoisotopic (exact) mass is 525 g/mol. The number of carbonyl (C=O) groups is 1. The van der Waals surface area contributed by atoms with Crippen molar-refractivity contribution in [2.45, 2.75) is 89.1 Å². The number of likely N-dealkylation sites (tertiary alicyclic amines) is 1. The number of hydrogen-bond acceptors (Lipinski definition) is 7. The van der Waals surface area contributed by atoms with Crippen molar-refractivity contribution < 1.29 is 32.5 Å². The summed E-state index contributed by atoms with van der Waals surface area (Å²) in [5, 5.41) is 14.2. The number of piperidine rings is 1. The zero-order valence-electron chi connectivity index (χ0n) is 20.1. The van der Waals surface area contributed by atoms with Crippen LogP contribution in [0.3, 0.4) is 0 Å². The van der Waals surface area contributed by atoms with E-state index in [1.807, 2.05) is 17.1 Å². The van der Waals surface area contributed by atoms with E-state index in [0.29, 0.717) is 55.9 Å². The first kappa shape index (κ1) is 24.4. The topological polar surface area (TPSA) is 76.8 Å². The van der Waals surface area contributed by atoms with Crippen LogP contribution in [-0.2, 0) is 52.2 Å². The molecule has 0 bridgehead atoms. The molecule has 2 aromatic rings. The predicted molar refractivity (Wildman–Crippen MR) is 124 cm³/mol. The maximum atomic E-state index is 13.7. The molecule has 4 aliphatic rings. The zero-order chi connectivity index (χ0) is 25.3. The Balaban J connectivity index is 1.13. The molecule has 196 valence electrons. The largest absolute Gasteiger partial charge is 0.460 e. The van der Waals surface area contributed by atoms with E-state index in [2.05, 4.69) is 16.9 Å². The van der Waals surface area contributed by atoms with Gasteiger partial charge in [-0.1, -0.05) is 0 Å². The second-order valence-electron chi connectivity index (χ2n) is 10.8. The number of ether oxygens (including phenoxy) is 2. The lowest BCUT2D eigenvalue weighted by molar-refractivity contribution is -0.145. The number of cyclic esters (lactones) is 1. The number of halogens is 3. The van der Waals surface area contributed by atoms with Crippen molar-refractivity contribution in [3.8, 4) is 0 Å². The first-order valence-electron chi connectivity index (χ1n) is 12.6. The average molecular weight is 526 g/mol. The van der Waals surface area contributed by atoms with E-state index in [4.69, 9.17) is 9.47 Å². The predicted octanol–water partition coefficient (Wildman–Crippen LogP) is 4.00. The van der Waals surface area contributed by atoms with Crippen molar-refractivity contribution >= 4 is 17.3 Å². The van der Waals surface area contributed by atoms with Crippen LogP contribution in [0.1, 0.15) is 65.5 Å². The van der Waals surface area contributed by atoms with Gasteiger partial charge in [0, 0.05) is 47.8 Å². The van der Waals surface area contributed by atoms with E-state index in [-0.39, 0.29) is 29.1 Å². The lowest BCUT2D eigenvalue weighted by Gasteiger charge is -2.47. The summed E-state index contributed by atoms with van der Waals surface area (Å²) in [6.07, 6.45) is 3.42. The van der Waals surface area contributed by atoms with Crippen LogP contribution in [0.15, 0.2) is 12.4 Å². The fraction of sp³-hybridized carbons (Fsp3) is 0.680. The van der Waals surface area contributed by atoms with Gasteiger partial charge in [0.15, 0.2) is 0 Å². The molecule has 6 rings (SSSR count). The van der Waals surface area contributed by atoms with Crippen molar-refractivity contribution in [1.29, 1.82) is 0 Å². The van der Waals surface area contributed by atoms with Crippen LogP contribution in [0.25, 0.3) is 0 Å². The molecule has 2 saturated heterocycles. The summed E-state index contributed by atoms with van der Waals surface area (Å²) in [4.78, 5) is 14.3. The van der Waals surface area contributed by atoms with Gasteiger partial charge in [0.2, 0.25) is 0 Å². The standard InChI is InChI=1S/C25H30F3N3O4S/c1-15-8-24(20-18(2-7-34-24)19(14-32)21(36-20)25(26,27)28)5-6-30(15)11-16-10-29-31(12-16)13-17-9-23(3-4-23)22(33)35-17/h10,12,15,17,32H,2-9,11,13-14H2,1H3/t15-,17?,24+/m0/s1. The summed E-state index contributed by atoms with van der Waals surface area (Å²) in [6.45, 7) is 3.75. The molecule has 1 saturated carbocycles. The van der Waals surface area contributed by atoms with E-state index < -0.39 is 23.3 Å². The van der Waals surface area contributed by atoms with Crippen LogP contribution in [0.5, 0.6) is 0 Å². The van der Waals surface area contributed by atoms with Gasteiger partial charge < -0.3 is 14.6 Å². The third-order valence-electron chi connectivity index (χ3n) is 8.37. The fourth-order valence-corrected chi connectivity index (χ4v) is 7.71. The third-order valence-corrected chi connectivity index (χ3v) is 9.87. The minimum atomic E-state index is -4.48. The van der Waals surface area contributed by atoms with Crippen molar-refractivity contribution in [2.75, 3.05) is 13.2 Å². The van der Waals surface area contributed by atoms with Crippen molar-refractivity contribution in [1.82, 2.24) is 14.7 Å². The maximum absolute atomic E-state index is 13.7. The molecule has 0 radical (unpaired) electrons. The van der Waals surface area contributed by atoms with Gasteiger partial charge >= 0.3 is 12.1 Å². The molecule has 3 fully saturated rings. The molecule has 2 spiro atoms. The molecule has 36 heavy (non-hydrogen) atoms. The molecule has 11 heteroatoms. The Kier molecular flexibility index (Phi) is 5.79. The first-order chi connectivity index (χ1) is 17.1. The molecule has 5 heterocycles. The summed E-state index contributed by atoms with van der Waals surface area (Å²) < 4.78 is 54.6. The molecule has 3 aliphatic heterocycles. The molecular weight excluding hydrogens is 495 g/mol. The summed E-state index contributed by atoms with van der Waals surface area (Å²) >= 11 is 0.751. The highest BCUT2D eigenvalue weighted by Gasteiger charge is 2.57. The SMILES string of the molecule is C[C@H]1C[C@@]2(CCN1Cc1cnn(CC3CC4(CC4)C(=O)O3)c1)OCCc1c2sc(C(F)(F)F)c1CO. The Hall–Kier alpha value is -1.95. The smallest absolute Gasteiger partial charge is 0.425 e. The minimum absolute atomic E-state index is 0.0215. The molecule has 7 nitrogen and oxygen atoms in total. The number of thiophene rings is 1. The van der Waals surface area contributed by atoms with Gasteiger partial charge in [0.05, 0.1) is 31.4 Å². The van der Waals surface area contributed by atoms with Gasteiger partial charge in [-0.05, 0) is 44.6 Å². The van der Waals surface area contributed by atoms with Crippen molar-refractivity contribution in [2.24, 2.45) is 5.41 Å². The Morgan fingerprint density at radius 2 is 2.08 bits per heavy atom. The summed E-state index contributed by atoms with van der Waals surface area (Å²) in [7, 11) is 0. The number of fused-ring (bicyclic) bond motifs is 2. The number of aromatic nitrogens is 2. The van der Waals surface area contributed by atoms with Crippen LogP contribution >= 0.6 is 11.3 Å². The Morgan fingerprint density at radius 3 is 2.75 bits per heavy atom. The number of carbonyl (C=O) groups excluding carboxylic acids is 1. The van der Waals surface area contributed by atoms with E-state index in [0.717, 1.165) is 36.2 Å². The highest BCUT2D eigenvalue weighted by Crippen LogP contribution is 2.55. The van der Waals surface area contributed by atoms with Crippen LogP contribution < -0.4 is 0 Å². The van der Waals surface area contributed by atoms with E-state index in [1.54, 1.807) is 0 Å². The Bertz CT molecular complexity index is 1170. The van der Waals surface area contributed by atoms with Crippen molar-refractivity contribution in [3.63, 3.8) is 0 Å². The zero-order valence-corrected chi connectivity index (χ0v) is 21.0. The first-order valence-corrected chi connectivity index (χ1v) is 13.4. The van der Waals surface area contributed by atoms with Gasteiger partial charge in [-0.25, -0.2) is 0 Å². The molecule has 0 aromatic carbocycles. The molecule has 2 aromatic heterocycles. The number of nitrogens with zero attached hydrogens (tertiary/aromatic N) is 3. The number of aliphatic hydroxyl groups excluding tert-OH is 1. The van der Waals surface area contributed by atoms with Gasteiger partial charge in [-0.3, -0.25) is 14.4 Å². The van der Waals surface area contributed by atoms with E-state index in [9.17, 15) is 23.1 Å². The highest BCUT2D eigenvalue weighted by molar-refractivity contribution is 7.12. The van der Waals surface area contributed by atoms with Gasteiger partial charge in [0.1, 0.15) is 16.6 Å². The van der Waals surface area contributed by atoms with Gasteiger partial charge in [-0.15, -0.1) is 11.3 Å². The lowest BCUT2D eigenvalue weighted by Crippen LogP contribution is -2.50. The fourth-order valence-electron chi connectivity index (χ4n) is 6.30. The quantitative estimate of drug-likeness (QED) is 0.595. The van der Waals surface area contributed by atoms with E-state index in [1.165, 1.54) is 0 Å². The minimum Gasteiger partial charge on any atom is -0.460 e. The van der Waals surface area contributed by atoms with Crippen LogP contribution in [0, 0.1) is 5.41 Å². The second-order valence-corrected chi connectivity index (χ2v) is 11.8. The molecule has 1 N–H and O–H groups in total. The average Bonchev–Trinajstić information content (AvgIpc) is 3.14. The summed E-state index contributed by atoms with van der Waals surface area (Å²) in [5.74, 6) is -0.0664. The number of aliphatic hydroxyl groups is 1. The number of alkyl halides is 3. The maximum Gasteiger partial charge on any atom is 0.425 e. The van der Waals surface area contributed by atoms with Crippen molar-refractivity contribution in [3.05, 3.63) is 38.8 Å². The number of hydrogen-bond donors (Lipinski definition) is 1. The van der Waals surface area contributed by atoms with Crippen LogP contribution in [-0.4, -0.2) is 51.1 Å². The van der Waals surface area contributed by atoms with E-state index >= 15 is 0 Å². The molecule has 0 amide bonds. The normalized spacial score (nSPS) is 29.6. The highest BCUT2D eigenvalue weighted by atomic mass is 32.1. The Labute approximate surface area is 211 Å². The molecule has 3 atom stereocenters. The number of esters is 1. The van der Waals surface area contributed by atoms with Crippen LogP contribution in [0.4, 0.5) is 13.2 Å². The van der Waals surface area contributed by atoms with Gasteiger partial charge in [0.25, 0.3) is 0 Å². The number of rotatable bonds is 5. The van der Waals surface area contributed by atoms with Gasteiger partial charge in [-0.2, -0.15) is 18.3 Å². The van der Waals surface area contributed by atoms with Crippen LogP contribution in [0.2, 0.25) is 0 Å². The lowest BCUT2D eigenvalue weighted by atomic mass is 9.81. The second kappa shape index (κ2) is 8.54. The Morgan fingerprint density at radius 1 is 1.28 bits per heavy atom.